The Labute approximate surface area is 118 Å². The van der Waals surface area contributed by atoms with Gasteiger partial charge in [-0.1, -0.05) is 12.1 Å². The van der Waals surface area contributed by atoms with Gasteiger partial charge < -0.3 is 20.8 Å². The number of carbonyl (C=O) groups excluding carboxylic acids is 1. The fourth-order valence-corrected chi connectivity index (χ4v) is 1.66. The van der Waals surface area contributed by atoms with E-state index in [9.17, 15) is 19.1 Å². The summed E-state index contributed by atoms with van der Waals surface area (Å²) in [7, 11) is 0. The molecule has 2 rings (SSSR count). The number of phenols is 1. The van der Waals surface area contributed by atoms with Crippen LogP contribution in [0.15, 0.2) is 42.5 Å². The summed E-state index contributed by atoms with van der Waals surface area (Å²) in [6, 6.07) is 8.23. The van der Waals surface area contributed by atoms with Gasteiger partial charge in [0.05, 0.1) is 16.9 Å². The summed E-state index contributed by atoms with van der Waals surface area (Å²) >= 11 is 0. The molecule has 0 spiro atoms. The van der Waals surface area contributed by atoms with Gasteiger partial charge in [-0.05, 0) is 30.3 Å². The number of rotatable bonds is 3. The maximum atomic E-state index is 13.4. The third-order valence-electron chi connectivity index (χ3n) is 2.60. The molecular weight excluding hydrogens is 279 g/mol. The van der Waals surface area contributed by atoms with E-state index in [1.807, 2.05) is 0 Å². The van der Waals surface area contributed by atoms with E-state index in [-0.39, 0.29) is 22.7 Å². The summed E-state index contributed by atoms with van der Waals surface area (Å²) in [5.41, 5.74) is -0.335. The molecule has 0 heterocycles. The zero-order chi connectivity index (χ0) is 15.4. The number of carboxylic acid groups (broad SMARTS) is 1. The van der Waals surface area contributed by atoms with Gasteiger partial charge in [-0.2, -0.15) is 0 Å². The van der Waals surface area contributed by atoms with E-state index in [1.54, 1.807) is 6.07 Å². The van der Waals surface area contributed by atoms with E-state index < -0.39 is 17.8 Å². The zero-order valence-electron chi connectivity index (χ0n) is 10.6. The molecule has 4 N–H and O–H groups in total. The number of aromatic hydroxyl groups is 1. The van der Waals surface area contributed by atoms with Crippen molar-refractivity contribution in [3.05, 3.63) is 53.8 Å². The molecule has 0 unspecified atom stereocenters. The van der Waals surface area contributed by atoms with E-state index in [1.165, 1.54) is 30.3 Å². The second-order valence-corrected chi connectivity index (χ2v) is 4.09. The number of hydrogen-bond donors (Lipinski definition) is 4. The van der Waals surface area contributed by atoms with Crippen LogP contribution >= 0.6 is 0 Å². The smallest absolute Gasteiger partial charge is 0.337 e. The van der Waals surface area contributed by atoms with Gasteiger partial charge in [0.1, 0.15) is 11.6 Å². The van der Waals surface area contributed by atoms with E-state index in [0.29, 0.717) is 0 Å². The predicted octanol–water partition coefficient (Wildman–Crippen LogP) is 2.87. The van der Waals surface area contributed by atoms with Crippen LogP contribution in [0.1, 0.15) is 10.4 Å². The molecule has 2 aromatic carbocycles. The minimum Gasteiger partial charge on any atom is -0.508 e. The number of halogens is 1. The first kappa shape index (κ1) is 14.3. The van der Waals surface area contributed by atoms with E-state index >= 15 is 0 Å². The number of urea groups is 1. The number of nitrogens with one attached hydrogen (secondary N) is 2. The zero-order valence-corrected chi connectivity index (χ0v) is 10.6. The molecule has 0 radical (unpaired) electrons. The first-order valence-corrected chi connectivity index (χ1v) is 5.86. The van der Waals surface area contributed by atoms with Gasteiger partial charge in [0, 0.05) is 0 Å². The summed E-state index contributed by atoms with van der Waals surface area (Å²) in [6.45, 7) is 0. The summed E-state index contributed by atoms with van der Waals surface area (Å²) < 4.78 is 13.4. The van der Waals surface area contributed by atoms with Crippen molar-refractivity contribution in [1.29, 1.82) is 0 Å². The van der Waals surface area contributed by atoms with Crippen molar-refractivity contribution in [2.45, 2.75) is 0 Å². The molecule has 108 valence electrons. The lowest BCUT2D eigenvalue weighted by Crippen LogP contribution is -2.21. The average molecular weight is 290 g/mol. The molecular formula is C14H11FN2O4. The molecule has 0 aromatic heterocycles. The lowest BCUT2D eigenvalue weighted by Gasteiger charge is -2.10. The average Bonchev–Trinajstić information content (AvgIpc) is 2.43. The normalized spacial score (nSPS) is 9.95. The minimum absolute atomic E-state index is 0.0193. The lowest BCUT2D eigenvalue weighted by atomic mass is 10.1. The van der Waals surface area contributed by atoms with Crippen LogP contribution < -0.4 is 10.6 Å². The van der Waals surface area contributed by atoms with Crippen LogP contribution in [0.4, 0.5) is 20.6 Å². The van der Waals surface area contributed by atoms with E-state index in [0.717, 1.165) is 6.07 Å². The highest BCUT2D eigenvalue weighted by Crippen LogP contribution is 2.22. The predicted molar refractivity (Wildman–Crippen MR) is 74.1 cm³/mol. The molecule has 6 nitrogen and oxygen atoms in total. The van der Waals surface area contributed by atoms with Crippen molar-refractivity contribution in [3.8, 4) is 5.75 Å². The van der Waals surface area contributed by atoms with Crippen LogP contribution in [-0.2, 0) is 0 Å². The van der Waals surface area contributed by atoms with Crippen molar-refractivity contribution in [2.75, 3.05) is 10.6 Å². The molecule has 2 amide bonds. The maximum absolute atomic E-state index is 13.4. The Morgan fingerprint density at radius 1 is 1.00 bits per heavy atom. The lowest BCUT2D eigenvalue weighted by molar-refractivity contribution is 0.0697. The molecule has 0 bridgehead atoms. The maximum Gasteiger partial charge on any atom is 0.337 e. The minimum atomic E-state index is -1.31. The van der Waals surface area contributed by atoms with Crippen molar-refractivity contribution in [3.63, 3.8) is 0 Å². The Morgan fingerprint density at radius 2 is 1.67 bits per heavy atom. The van der Waals surface area contributed by atoms with Crippen LogP contribution in [0.2, 0.25) is 0 Å². The van der Waals surface area contributed by atoms with Gasteiger partial charge >= 0.3 is 12.0 Å². The monoisotopic (exact) mass is 290 g/mol. The molecule has 0 aliphatic heterocycles. The molecule has 0 atom stereocenters. The molecule has 0 aliphatic rings. The number of benzene rings is 2. The molecule has 0 aliphatic carbocycles. The molecule has 0 saturated carbocycles. The second-order valence-electron chi connectivity index (χ2n) is 4.09. The second kappa shape index (κ2) is 5.91. The summed E-state index contributed by atoms with van der Waals surface area (Å²) in [5.74, 6) is -2.17. The van der Waals surface area contributed by atoms with Crippen molar-refractivity contribution >= 4 is 23.4 Å². The number of carbonyl (C=O) groups is 2. The highest BCUT2D eigenvalue weighted by atomic mass is 19.1. The fourth-order valence-electron chi connectivity index (χ4n) is 1.66. The van der Waals surface area contributed by atoms with E-state index in [4.69, 9.17) is 5.11 Å². The third-order valence-corrected chi connectivity index (χ3v) is 2.60. The van der Waals surface area contributed by atoms with Crippen molar-refractivity contribution in [2.24, 2.45) is 0 Å². The van der Waals surface area contributed by atoms with Crippen LogP contribution in [0.3, 0.4) is 0 Å². The first-order valence-electron chi connectivity index (χ1n) is 5.86. The number of hydrogen-bond acceptors (Lipinski definition) is 3. The van der Waals surface area contributed by atoms with Gasteiger partial charge in [-0.3, -0.25) is 0 Å². The molecule has 7 heteroatoms. The molecule has 2 aromatic rings. The summed E-state index contributed by atoms with van der Waals surface area (Å²) in [6.07, 6.45) is 0. The van der Waals surface area contributed by atoms with Crippen molar-refractivity contribution < 1.29 is 24.2 Å². The van der Waals surface area contributed by atoms with Crippen molar-refractivity contribution in [1.82, 2.24) is 0 Å². The topological polar surface area (TPSA) is 98.7 Å². The number of phenolic OH excluding ortho intramolecular Hbond substituents is 1. The Bertz CT molecular complexity index is 703. The van der Waals surface area contributed by atoms with Gasteiger partial charge in [-0.15, -0.1) is 0 Å². The van der Waals surface area contributed by atoms with Gasteiger partial charge in [0.2, 0.25) is 0 Å². The number of amides is 2. The standard InChI is InChI=1S/C14H11FN2O4/c15-10-3-1-2-4-12(10)17-14(21)16-11-6-5-8(18)7-9(11)13(19)20/h1-7,18H,(H,19,20)(H2,16,17,21). The SMILES string of the molecule is O=C(Nc1ccccc1F)Nc1ccc(O)cc1C(=O)O. The largest absolute Gasteiger partial charge is 0.508 e. The van der Waals surface area contributed by atoms with Gasteiger partial charge in [0.25, 0.3) is 0 Å². The van der Waals surface area contributed by atoms with Gasteiger partial charge in [0.15, 0.2) is 0 Å². The number of para-hydroxylation sites is 1. The molecule has 21 heavy (non-hydrogen) atoms. The van der Waals surface area contributed by atoms with Crippen LogP contribution in [0, 0.1) is 5.82 Å². The van der Waals surface area contributed by atoms with Crippen LogP contribution in [-0.4, -0.2) is 22.2 Å². The highest BCUT2D eigenvalue weighted by Gasteiger charge is 2.14. The molecule has 0 saturated heterocycles. The molecule has 0 fully saturated rings. The van der Waals surface area contributed by atoms with Gasteiger partial charge in [-0.25, -0.2) is 14.0 Å². The summed E-state index contributed by atoms with van der Waals surface area (Å²) in [4.78, 5) is 22.8. The number of anilines is 2. The third kappa shape index (κ3) is 3.47. The first-order chi connectivity index (χ1) is 9.97. The Morgan fingerprint density at radius 3 is 2.33 bits per heavy atom. The number of aromatic carboxylic acids is 1. The van der Waals surface area contributed by atoms with Crippen LogP contribution in [0.5, 0.6) is 5.75 Å². The Kier molecular flexibility index (Phi) is 4.03. The Balaban J connectivity index is 2.17. The van der Waals surface area contributed by atoms with Crippen LogP contribution in [0.25, 0.3) is 0 Å². The number of carboxylic acids is 1. The quantitative estimate of drug-likeness (QED) is 0.653. The summed E-state index contributed by atoms with van der Waals surface area (Å²) in [5, 5.41) is 22.8. The highest BCUT2D eigenvalue weighted by molar-refractivity contribution is 6.04. The Hall–Kier alpha value is -3.09. The van der Waals surface area contributed by atoms with E-state index in [2.05, 4.69) is 10.6 Å². The fraction of sp³-hybridized carbons (Fsp3) is 0.